The van der Waals surface area contributed by atoms with Crippen molar-refractivity contribution < 1.29 is 4.79 Å². The van der Waals surface area contributed by atoms with Gasteiger partial charge in [-0.05, 0) is 49.8 Å². The Bertz CT molecular complexity index is 655. The van der Waals surface area contributed by atoms with E-state index >= 15 is 0 Å². The van der Waals surface area contributed by atoms with Crippen LogP contribution in [0.3, 0.4) is 0 Å². The molecule has 2 aromatic heterocycles. The van der Waals surface area contributed by atoms with Crippen molar-refractivity contribution in [1.82, 2.24) is 20.1 Å². The molecule has 6 nitrogen and oxygen atoms in total. The van der Waals surface area contributed by atoms with Gasteiger partial charge in [-0.25, -0.2) is 9.67 Å². The maximum atomic E-state index is 12.3. The molecule has 0 radical (unpaired) electrons. The van der Waals surface area contributed by atoms with Gasteiger partial charge < -0.3 is 10.6 Å². The predicted molar refractivity (Wildman–Crippen MR) is 87.3 cm³/mol. The number of rotatable bonds is 4. The number of carbonyl (C=O) groups excluding carboxylic acids is 1. The smallest absolute Gasteiger partial charge is 0.224 e. The summed E-state index contributed by atoms with van der Waals surface area (Å²) >= 11 is 0. The number of aromatic nitrogens is 3. The van der Waals surface area contributed by atoms with Crippen molar-refractivity contribution >= 4 is 11.6 Å². The van der Waals surface area contributed by atoms with Gasteiger partial charge in [0.1, 0.15) is 0 Å². The molecular weight excluding hydrogens is 290 g/mol. The maximum Gasteiger partial charge on any atom is 0.224 e. The molecule has 2 bridgehead atoms. The van der Waals surface area contributed by atoms with Gasteiger partial charge in [0.25, 0.3) is 0 Å². The third-order valence-electron chi connectivity index (χ3n) is 4.82. The largest absolute Gasteiger partial charge is 0.325 e. The number of nitrogens with one attached hydrogen (secondary N) is 2. The standard InChI is InChI=1S/C17H21N5O/c23-17(10-12-8-13-2-3-14(9-12)20-13)21-15-4-5-16(18-11-15)22-7-1-6-19-22/h1,4-7,11-14,20H,2-3,8-10H2,(H,21,23). The van der Waals surface area contributed by atoms with Crippen molar-refractivity contribution in [3.63, 3.8) is 0 Å². The van der Waals surface area contributed by atoms with Crippen LogP contribution in [0.2, 0.25) is 0 Å². The predicted octanol–water partition coefficient (Wildman–Crippen LogP) is 2.13. The van der Waals surface area contributed by atoms with E-state index in [-0.39, 0.29) is 5.91 Å². The van der Waals surface area contributed by atoms with Crippen molar-refractivity contribution in [3.05, 3.63) is 36.8 Å². The summed E-state index contributed by atoms with van der Waals surface area (Å²) in [5.41, 5.74) is 0.739. The van der Waals surface area contributed by atoms with Gasteiger partial charge in [-0.3, -0.25) is 4.79 Å². The van der Waals surface area contributed by atoms with Crippen molar-refractivity contribution in [2.45, 2.75) is 44.2 Å². The highest BCUT2D eigenvalue weighted by Gasteiger charge is 2.34. The summed E-state index contributed by atoms with van der Waals surface area (Å²) in [4.78, 5) is 16.6. The Morgan fingerprint density at radius 2 is 2.13 bits per heavy atom. The molecule has 2 aliphatic heterocycles. The second-order valence-corrected chi connectivity index (χ2v) is 6.58. The molecule has 2 unspecified atom stereocenters. The van der Waals surface area contributed by atoms with E-state index in [2.05, 4.69) is 20.7 Å². The molecular formula is C17H21N5O. The van der Waals surface area contributed by atoms with E-state index in [1.165, 1.54) is 12.8 Å². The lowest BCUT2D eigenvalue weighted by Crippen LogP contribution is -2.39. The van der Waals surface area contributed by atoms with Gasteiger partial charge in [0.15, 0.2) is 5.82 Å². The summed E-state index contributed by atoms with van der Waals surface area (Å²) in [6.45, 7) is 0. The van der Waals surface area contributed by atoms with Crippen LogP contribution in [0, 0.1) is 5.92 Å². The van der Waals surface area contributed by atoms with Gasteiger partial charge in [-0.1, -0.05) is 0 Å². The first-order valence-corrected chi connectivity index (χ1v) is 8.28. The normalized spacial score (nSPS) is 26.2. The Morgan fingerprint density at radius 3 is 2.78 bits per heavy atom. The summed E-state index contributed by atoms with van der Waals surface area (Å²) in [5, 5.41) is 10.7. The van der Waals surface area contributed by atoms with E-state index in [1.807, 2.05) is 24.4 Å². The first kappa shape index (κ1) is 14.4. The number of hydrogen-bond acceptors (Lipinski definition) is 4. The summed E-state index contributed by atoms with van der Waals surface area (Å²) < 4.78 is 1.69. The topological polar surface area (TPSA) is 71.8 Å². The fourth-order valence-corrected chi connectivity index (χ4v) is 3.82. The number of hydrogen-bond donors (Lipinski definition) is 2. The number of anilines is 1. The molecule has 2 aliphatic rings. The van der Waals surface area contributed by atoms with Crippen molar-refractivity contribution in [2.24, 2.45) is 5.92 Å². The van der Waals surface area contributed by atoms with Gasteiger partial charge >= 0.3 is 0 Å². The second-order valence-electron chi connectivity index (χ2n) is 6.58. The van der Waals surface area contributed by atoms with Crippen LogP contribution >= 0.6 is 0 Å². The minimum absolute atomic E-state index is 0.0879. The number of pyridine rings is 1. The summed E-state index contributed by atoms with van der Waals surface area (Å²) in [6.07, 6.45) is 10.6. The Kier molecular flexibility index (Phi) is 3.83. The van der Waals surface area contributed by atoms with E-state index in [0.717, 1.165) is 24.3 Å². The van der Waals surface area contributed by atoms with Crippen LogP contribution in [0.4, 0.5) is 5.69 Å². The first-order chi connectivity index (χ1) is 11.3. The molecule has 23 heavy (non-hydrogen) atoms. The molecule has 1 amide bonds. The Labute approximate surface area is 135 Å². The fourth-order valence-electron chi connectivity index (χ4n) is 3.82. The van der Waals surface area contributed by atoms with Gasteiger partial charge in [-0.2, -0.15) is 5.10 Å². The number of nitrogens with zero attached hydrogens (tertiary/aromatic N) is 3. The molecule has 0 aromatic carbocycles. The highest BCUT2D eigenvalue weighted by atomic mass is 16.1. The third-order valence-corrected chi connectivity index (χ3v) is 4.82. The Hall–Kier alpha value is -2.21. The maximum absolute atomic E-state index is 12.3. The van der Waals surface area contributed by atoms with Crippen LogP contribution < -0.4 is 10.6 Å². The fraction of sp³-hybridized carbons (Fsp3) is 0.471. The average Bonchev–Trinajstić information content (AvgIpc) is 3.18. The van der Waals surface area contributed by atoms with Gasteiger partial charge in [0.2, 0.25) is 5.91 Å². The van der Waals surface area contributed by atoms with Crippen LogP contribution in [0.1, 0.15) is 32.1 Å². The quantitative estimate of drug-likeness (QED) is 0.907. The van der Waals surface area contributed by atoms with E-state index in [9.17, 15) is 4.79 Å². The lowest BCUT2D eigenvalue weighted by Gasteiger charge is -2.28. The molecule has 0 spiro atoms. The minimum atomic E-state index is 0.0879. The third kappa shape index (κ3) is 3.27. The van der Waals surface area contributed by atoms with Gasteiger partial charge in [-0.15, -0.1) is 0 Å². The van der Waals surface area contributed by atoms with Crippen LogP contribution in [0.15, 0.2) is 36.8 Å². The zero-order valence-corrected chi connectivity index (χ0v) is 13.0. The van der Waals surface area contributed by atoms with Crippen molar-refractivity contribution in [1.29, 1.82) is 0 Å². The monoisotopic (exact) mass is 311 g/mol. The van der Waals surface area contributed by atoms with Gasteiger partial charge in [0, 0.05) is 30.9 Å². The van der Waals surface area contributed by atoms with E-state index in [0.29, 0.717) is 24.4 Å². The molecule has 0 aliphatic carbocycles. The highest BCUT2D eigenvalue weighted by molar-refractivity contribution is 5.90. The lowest BCUT2D eigenvalue weighted by atomic mass is 9.89. The van der Waals surface area contributed by atoms with Gasteiger partial charge in [0.05, 0.1) is 11.9 Å². The van der Waals surface area contributed by atoms with Crippen LogP contribution in [-0.2, 0) is 4.79 Å². The average molecular weight is 311 g/mol. The Balaban J connectivity index is 1.33. The zero-order valence-electron chi connectivity index (χ0n) is 13.0. The van der Waals surface area contributed by atoms with Crippen LogP contribution in [0.25, 0.3) is 5.82 Å². The van der Waals surface area contributed by atoms with Crippen LogP contribution in [0.5, 0.6) is 0 Å². The first-order valence-electron chi connectivity index (χ1n) is 8.28. The summed E-state index contributed by atoms with van der Waals surface area (Å²) in [5.74, 6) is 1.33. The molecule has 2 fully saturated rings. The number of fused-ring (bicyclic) bond motifs is 2. The molecule has 2 saturated heterocycles. The lowest BCUT2D eigenvalue weighted by molar-refractivity contribution is -0.117. The van der Waals surface area contributed by atoms with E-state index < -0.39 is 0 Å². The number of carbonyl (C=O) groups is 1. The summed E-state index contributed by atoms with van der Waals surface area (Å²) in [7, 11) is 0. The molecule has 2 N–H and O–H groups in total. The molecule has 2 aromatic rings. The van der Waals surface area contributed by atoms with Crippen LogP contribution in [-0.4, -0.2) is 32.8 Å². The minimum Gasteiger partial charge on any atom is -0.325 e. The molecule has 0 saturated carbocycles. The molecule has 4 rings (SSSR count). The number of piperidine rings is 1. The summed E-state index contributed by atoms with van der Waals surface area (Å²) in [6, 6.07) is 6.83. The SMILES string of the molecule is O=C(CC1CC2CCC(C1)N2)Nc1ccc(-n2cccn2)nc1. The highest BCUT2D eigenvalue weighted by Crippen LogP contribution is 2.32. The van der Waals surface area contributed by atoms with E-state index in [4.69, 9.17) is 0 Å². The zero-order chi connectivity index (χ0) is 15.6. The van der Waals surface area contributed by atoms with Crippen molar-refractivity contribution in [2.75, 3.05) is 5.32 Å². The molecule has 2 atom stereocenters. The number of amides is 1. The van der Waals surface area contributed by atoms with Crippen molar-refractivity contribution in [3.8, 4) is 5.82 Å². The Morgan fingerprint density at radius 1 is 1.30 bits per heavy atom. The molecule has 6 heteroatoms. The molecule has 120 valence electrons. The second kappa shape index (κ2) is 6.12. The van der Waals surface area contributed by atoms with E-state index in [1.54, 1.807) is 17.1 Å². The molecule has 4 heterocycles.